The van der Waals surface area contributed by atoms with Crippen LogP contribution in [-0.4, -0.2) is 16.9 Å². The first-order valence-electron chi connectivity index (χ1n) is 6.14. The van der Waals surface area contributed by atoms with E-state index in [1.165, 1.54) is 12.1 Å². The monoisotopic (exact) mass is 304 g/mol. The van der Waals surface area contributed by atoms with E-state index in [9.17, 15) is 14.7 Å². The lowest BCUT2D eigenvalue weighted by Crippen LogP contribution is -2.29. The summed E-state index contributed by atoms with van der Waals surface area (Å²) in [5, 5.41) is 14.7. The number of phenols is 1. The molecule has 0 unspecified atom stereocenters. The Morgan fingerprint density at radius 1 is 1.00 bits per heavy atom. The standard InChI is InChI=1S/C15H13ClN2O3/c1-9-6-7-12(13(19)8-9)18-15(21)14(20)17-11-5-3-2-4-10(11)16/h2-8,19H,1H3,(H,17,20)(H,18,21). The molecular weight excluding hydrogens is 292 g/mol. The Morgan fingerprint density at radius 3 is 2.24 bits per heavy atom. The summed E-state index contributed by atoms with van der Waals surface area (Å²) in [6, 6.07) is 11.3. The Labute approximate surface area is 126 Å². The number of hydrogen-bond donors (Lipinski definition) is 3. The van der Waals surface area contributed by atoms with E-state index in [2.05, 4.69) is 10.6 Å². The second-order valence-electron chi connectivity index (χ2n) is 4.41. The second kappa shape index (κ2) is 6.28. The molecule has 0 saturated carbocycles. The molecule has 0 aliphatic heterocycles. The molecule has 0 heterocycles. The van der Waals surface area contributed by atoms with Crippen LogP contribution in [0, 0.1) is 6.92 Å². The van der Waals surface area contributed by atoms with Crippen molar-refractivity contribution in [1.29, 1.82) is 0 Å². The average Bonchev–Trinajstić information content (AvgIpc) is 2.44. The highest BCUT2D eigenvalue weighted by Crippen LogP contribution is 2.24. The Hall–Kier alpha value is -2.53. The van der Waals surface area contributed by atoms with Crippen molar-refractivity contribution < 1.29 is 14.7 Å². The summed E-state index contributed by atoms with van der Waals surface area (Å²) in [7, 11) is 0. The van der Waals surface area contributed by atoms with Gasteiger partial charge in [-0.1, -0.05) is 29.8 Å². The van der Waals surface area contributed by atoms with Crippen molar-refractivity contribution in [3.05, 3.63) is 53.1 Å². The molecule has 0 radical (unpaired) electrons. The van der Waals surface area contributed by atoms with Crippen LogP contribution in [0.3, 0.4) is 0 Å². The SMILES string of the molecule is Cc1ccc(NC(=O)C(=O)Nc2ccccc2Cl)c(O)c1. The van der Waals surface area contributed by atoms with Crippen molar-refractivity contribution in [3.8, 4) is 5.75 Å². The van der Waals surface area contributed by atoms with Crippen LogP contribution in [0.4, 0.5) is 11.4 Å². The predicted molar refractivity (Wildman–Crippen MR) is 81.6 cm³/mol. The molecule has 0 aromatic heterocycles. The number of hydrogen-bond acceptors (Lipinski definition) is 3. The molecule has 0 saturated heterocycles. The molecule has 2 aromatic carbocycles. The highest BCUT2D eigenvalue weighted by atomic mass is 35.5. The molecule has 6 heteroatoms. The number of aromatic hydroxyl groups is 1. The van der Waals surface area contributed by atoms with Gasteiger partial charge in [0.25, 0.3) is 0 Å². The van der Waals surface area contributed by atoms with E-state index in [4.69, 9.17) is 11.6 Å². The topological polar surface area (TPSA) is 78.4 Å². The maximum atomic E-state index is 11.8. The molecule has 2 rings (SSSR count). The fourth-order valence-corrected chi connectivity index (χ4v) is 1.85. The quantitative estimate of drug-likeness (QED) is 0.589. The van der Waals surface area contributed by atoms with Gasteiger partial charge in [-0.3, -0.25) is 9.59 Å². The molecule has 0 atom stereocenters. The molecule has 0 aliphatic carbocycles. The number of amides is 2. The van der Waals surface area contributed by atoms with Crippen LogP contribution in [0.15, 0.2) is 42.5 Å². The zero-order valence-corrected chi connectivity index (χ0v) is 11.9. The molecule has 2 aromatic rings. The number of halogens is 1. The van der Waals surface area contributed by atoms with Gasteiger partial charge in [0.2, 0.25) is 0 Å². The van der Waals surface area contributed by atoms with Crippen LogP contribution in [0.5, 0.6) is 5.75 Å². The number of carbonyl (C=O) groups excluding carboxylic acids is 2. The zero-order valence-electron chi connectivity index (χ0n) is 11.2. The van der Waals surface area contributed by atoms with Crippen molar-refractivity contribution in [2.45, 2.75) is 6.92 Å². The van der Waals surface area contributed by atoms with Crippen molar-refractivity contribution in [3.63, 3.8) is 0 Å². The van der Waals surface area contributed by atoms with E-state index in [0.717, 1.165) is 5.56 Å². The van der Waals surface area contributed by atoms with E-state index in [0.29, 0.717) is 10.7 Å². The molecule has 0 fully saturated rings. The lowest BCUT2D eigenvalue weighted by atomic mass is 10.2. The molecule has 2 amide bonds. The number of phenolic OH excluding ortho intramolecular Hbond substituents is 1. The molecular formula is C15H13ClN2O3. The Bertz CT molecular complexity index is 701. The van der Waals surface area contributed by atoms with Crippen molar-refractivity contribution in [2.24, 2.45) is 0 Å². The number of rotatable bonds is 2. The van der Waals surface area contributed by atoms with Crippen molar-refractivity contribution >= 4 is 34.8 Å². The van der Waals surface area contributed by atoms with Gasteiger partial charge in [0, 0.05) is 0 Å². The Kier molecular flexibility index (Phi) is 4.45. The first kappa shape index (κ1) is 14.9. The van der Waals surface area contributed by atoms with Gasteiger partial charge in [-0.25, -0.2) is 0 Å². The fraction of sp³-hybridized carbons (Fsp3) is 0.0667. The van der Waals surface area contributed by atoms with Gasteiger partial charge in [0.1, 0.15) is 5.75 Å². The maximum absolute atomic E-state index is 11.8. The maximum Gasteiger partial charge on any atom is 0.314 e. The van der Waals surface area contributed by atoms with E-state index in [1.807, 2.05) is 0 Å². The first-order chi connectivity index (χ1) is 9.97. The highest BCUT2D eigenvalue weighted by molar-refractivity contribution is 6.44. The highest BCUT2D eigenvalue weighted by Gasteiger charge is 2.16. The molecule has 0 aliphatic rings. The van der Waals surface area contributed by atoms with Crippen LogP contribution in [0.1, 0.15) is 5.56 Å². The summed E-state index contributed by atoms with van der Waals surface area (Å²) in [6.45, 7) is 1.80. The van der Waals surface area contributed by atoms with Gasteiger partial charge in [0.15, 0.2) is 0 Å². The summed E-state index contributed by atoms with van der Waals surface area (Å²) in [5.41, 5.74) is 1.35. The van der Waals surface area contributed by atoms with Crippen LogP contribution >= 0.6 is 11.6 Å². The minimum absolute atomic E-state index is 0.103. The summed E-state index contributed by atoms with van der Waals surface area (Å²) in [5.74, 6) is -1.87. The van der Waals surface area contributed by atoms with Crippen LogP contribution in [0.25, 0.3) is 0 Å². The van der Waals surface area contributed by atoms with E-state index < -0.39 is 11.8 Å². The van der Waals surface area contributed by atoms with Gasteiger partial charge in [0.05, 0.1) is 16.4 Å². The number of para-hydroxylation sites is 1. The number of carbonyl (C=O) groups is 2. The first-order valence-corrected chi connectivity index (χ1v) is 6.51. The number of aryl methyl sites for hydroxylation is 1. The largest absolute Gasteiger partial charge is 0.506 e. The lowest BCUT2D eigenvalue weighted by Gasteiger charge is -2.09. The molecule has 0 bridgehead atoms. The van der Waals surface area contributed by atoms with Gasteiger partial charge >= 0.3 is 11.8 Å². The third kappa shape index (κ3) is 3.73. The summed E-state index contributed by atoms with van der Waals surface area (Å²) < 4.78 is 0. The Morgan fingerprint density at radius 2 is 1.62 bits per heavy atom. The average molecular weight is 305 g/mol. The fourth-order valence-electron chi connectivity index (χ4n) is 1.67. The third-order valence-electron chi connectivity index (χ3n) is 2.73. The predicted octanol–water partition coefficient (Wildman–Crippen LogP) is 2.93. The lowest BCUT2D eigenvalue weighted by molar-refractivity contribution is -0.133. The number of anilines is 2. The van der Waals surface area contributed by atoms with Crippen LogP contribution < -0.4 is 10.6 Å². The summed E-state index contributed by atoms with van der Waals surface area (Å²) in [6.07, 6.45) is 0. The van der Waals surface area contributed by atoms with Crippen molar-refractivity contribution in [2.75, 3.05) is 10.6 Å². The van der Waals surface area contributed by atoms with E-state index in [-0.39, 0.29) is 11.4 Å². The Balaban J connectivity index is 2.06. The molecule has 0 spiro atoms. The summed E-state index contributed by atoms with van der Waals surface area (Å²) in [4.78, 5) is 23.6. The second-order valence-corrected chi connectivity index (χ2v) is 4.82. The summed E-state index contributed by atoms with van der Waals surface area (Å²) >= 11 is 5.89. The molecule has 5 nitrogen and oxygen atoms in total. The molecule has 3 N–H and O–H groups in total. The minimum atomic E-state index is -0.894. The molecule has 108 valence electrons. The van der Waals surface area contributed by atoms with E-state index in [1.54, 1.807) is 37.3 Å². The molecule has 21 heavy (non-hydrogen) atoms. The van der Waals surface area contributed by atoms with Crippen LogP contribution in [-0.2, 0) is 9.59 Å². The van der Waals surface area contributed by atoms with Gasteiger partial charge < -0.3 is 15.7 Å². The number of nitrogens with one attached hydrogen (secondary N) is 2. The number of benzene rings is 2. The third-order valence-corrected chi connectivity index (χ3v) is 3.06. The smallest absolute Gasteiger partial charge is 0.314 e. The normalized spacial score (nSPS) is 10.0. The minimum Gasteiger partial charge on any atom is -0.506 e. The van der Waals surface area contributed by atoms with E-state index >= 15 is 0 Å². The van der Waals surface area contributed by atoms with Gasteiger partial charge in [-0.15, -0.1) is 0 Å². The van der Waals surface area contributed by atoms with Crippen LogP contribution in [0.2, 0.25) is 5.02 Å². The van der Waals surface area contributed by atoms with Crippen molar-refractivity contribution in [1.82, 2.24) is 0 Å². The van der Waals surface area contributed by atoms with Gasteiger partial charge in [-0.2, -0.15) is 0 Å². The van der Waals surface area contributed by atoms with Gasteiger partial charge in [-0.05, 0) is 36.8 Å². The zero-order chi connectivity index (χ0) is 15.4.